The van der Waals surface area contributed by atoms with Gasteiger partial charge < -0.3 is 4.43 Å². The summed E-state index contributed by atoms with van der Waals surface area (Å²) in [5.41, 5.74) is 0. The molecule has 1 saturated heterocycles. The third-order valence-electron chi connectivity index (χ3n) is 2.86. The average molecular weight is 186 g/mol. The predicted octanol–water partition coefficient (Wildman–Crippen LogP) is 3.56. The highest BCUT2D eigenvalue weighted by atomic mass is 28.4. The van der Waals surface area contributed by atoms with Gasteiger partial charge in [-0.2, -0.15) is 0 Å². The normalized spacial score (nSPS) is 36.8. The van der Waals surface area contributed by atoms with Crippen molar-refractivity contribution in [3.63, 3.8) is 0 Å². The van der Waals surface area contributed by atoms with E-state index in [2.05, 4.69) is 20.4 Å². The minimum absolute atomic E-state index is 0.548. The fourth-order valence-electron chi connectivity index (χ4n) is 2.10. The lowest BCUT2D eigenvalue weighted by atomic mass is 10.2. The van der Waals surface area contributed by atoms with Gasteiger partial charge in [-0.15, -0.1) is 0 Å². The first-order chi connectivity index (χ1) is 5.66. The number of rotatable bonds is 3. The minimum atomic E-state index is -1.22. The maximum atomic E-state index is 6.11. The highest BCUT2D eigenvalue weighted by molar-refractivity contribution is 6.72. The van der Waals surface area contributed by atoms with Crippen molar-refractivity contribution in [2.75, 3.05) is 0 Å². The molecule has 2 atom stereocenters. The lowest BCUT2D eigenvalue weighted by Crippen LogP contribution is -2.41. The van der Waals surface area contributed by atoms with E-state index in [-0.39, 0.29) is 0 Å². The van der Waals surface area contributed by atoms with E-state index in [0.717, 1.165) is 0 Å². The van der Waals surface area contributed by atoms with Gasteiger partial charge >= 0.3 is 0 Å². The van der Waals surface area contributed by atoms with Gasteiger partial charge in [0.25, 0.3) is 0 Å². The van der Waals surface area contributed by atoms with Gasteiger partial charge in [-0.05, 0) is 32.0 Å². The van der Waals surface area contributed by atoms with Crippen LogP contribution < -0.4 is 0 Å². The van der Waals surface area contributed by atoms with Gasteiger partial charge in [0.15, 0.2) is 8.32 Å². The maximum absolute atomic E-state index is 6.11. The summed E-state index contributed by atoms with van der Waals surface area (Å²) in [6.45, 7) is 6.92. The Labute approximate surface area is 77.6 Å². The Morgan fingerprint density at radius 3 is 2.83 bits per heavy atom. The summed E-state index contributed by atoms with van der Waals surface area (Å²) in [5.74, 6) is 0. The van der Waals surface area contributed by atoms with E-state index in [9.17, 15) is 0 Å². The third-order valence-corrected chi connectivity index (χ3v) is 6.66. The largest absolute Gasteiger partial charge is 0.414 e. The topological polar surface area (TPSA) is 9.23 Å². The molecular weight excluding hydrogens is 164 g/mol. The summed E-state index contributed by atoms with van der Waals surface area (Å²) in [6.07, 6.45) is 5.94. The van der Waals surface area contributed by atoms with Crippen LogP contribution in [-0.2, 0) is 4.43 Å². The van der Waals surface area contributed by atoms with Crippen molar-refractivity contribution in [2.45, 2.75) is 64.3 Å². The number of unbranched alkanes of at least 4 members (excludes halogenated alkanes) is 1. The molecule has 1 nitrogen and oxygen atoms in total. The van der Waals surface area contributed by atoms with Crippen molar-refractivity contribution in [1.29, 1.82) is 0 Å². The van der Waals surface area contributed by atoms with Gasteiger partial charge in [0.2, 0.25) is 0 Å². The lowest BCUT2D eigenvalue weighted by molar-refractivity contribution is 0.175. The van der Waals surface area contributed by atoms with Crippen LogP contribution in [0.2, 0.25) is 18.6 Å². The van der Waals surface area contributed by atoms with Crippen molar-refractivity contribution in [2.24, 2.45) is 0 Å². The molecule has 0 aromatic heterocycles. The van der Waals surface area contributed by atoms with Crippen molar-refractivity contribution in [3.05, 3.63) is 0 Å². The summed E-state index contributed by atoms with van der Waals surface area (Å²) in [7, 11) is -1.22. The summed E-state index contributed by atoms with van der Waals surface area (Å²) >= 11 is 0. The van der Waals surface area contributed by atoms with Crippen molar-refractivity contribution in [1.82, 2.24) is 0 Å². The second-order valence-electron chi connectivity index (χ2n) is 4.37. The number of hydrogen-bond acceptors (Lipinski definition) is 1. The molecule has 12 heavy (non-hydrogen) atoms. The Kier molecular flexibility index (Phi) is 3.78. The van der Waals surface area contributed by atoms with E-state index in [1.807, 2.05) is 0 Å². The fourth-order valence-corrected chi connectivity index (χ4v) is 5.73. The zero-order chi connectivity index (χ0) is 9.03. The summed E-state index contributed by atoms with van der Waals surface area (Å²) < 4.78 is 6.11. The SMILES string of the molecule is CCCC[Si]1(C)CCCC(C)O1. The Morgan fingerprint density at radius 2 is 2.25 bits per heavy atom. The van der Waals surface area contributed by atoms with Crippen LogP contribution in [-0.4, -0.2) is 14.4 Å². The van der Waals surface area contributed by atoms with Crippen LogP contribution in [0.3, 0.4) is 0 Å². The Hall–Kier alpha value is 0.177. The molecule has 72 valence electrons. The van der Waals surface area contributed by atoms with E-state index >= 15 is 0 Å². The van der Waals surface area contributed by atoms with Gasteiger partial charge in [-0.3, -0.25) is 0 Å². The molecule has 1 fully saturated rings. The van der Waals surface area contributed by atoms with Gasteiger partial charge in [0.05, 0.1) is 0 Å². The van der Waals surface area contributed by atoms with Crippen LogP contribution >= 0.6 is 0 Å². The highest BCUT2D eigenvalue weighted by Gasteiger charge is 2.33. The Balaban J connectivity index is 2.35. The predicted molar refractivity (Wildman–Crippen MR) is 55.9 cm³/mol. The Morgan fingerprint density at radius 1 is 1.50 bits per heavy atom. The van der Waals surface area contributed by atoms with Crippen LogP contribution in [0, 0.1) is 0 Å². The molecule has 0 aromatic carbocycles. The third kappa shape index (κ3) is 2.90. The first kappa shape index (κ1) is 10.3. The first-order valence-corrected chi connectivity index (χ1v) is 8.16. The smallest absolute Gasteiger partial charge is 0.190 e. The Bertz CT molecular complexity index is 138. The molecule has 1 aliphatic heterocycles. The summed E-state index contributed by atoms with van der Waals surface area (Å²) in [5, 5.41) is 0. The first-order valence-electron chi connectivity index (χ1n) is 5.34. The molecule has 0 aromatic rings. The molecule has 2 heteroatoms. The molecule has 0 N–H and O–H groups in total. The average Bonchev–Trinajstić information content (AvgIpc) is 2.01. The molecular formula is C10H22OSi. The van der Waals surface area contributed by atoms with Gasteiger partial charge in [-0.1, -0.05) is 26.2 Å². The van der Waals surface area contributed by atoms with E-state index in [4.69, 9.17) is 4.43 Å². The van der Waals surface area contributed by atoms with E-state index < -0.39 is 8.32 Å². The van der Waals surface area contributed by atoms with Gasteiger partial charge in [-0.25, -0.2) is 0 Å². The molecule has 0 bridgehead atoms. The molecule has 2 unspecified atom stereocenters. The second-order valence-corrected chi connectivity index (χ2v) is 8.51. The molecule has 0 amide bonds. The van der Waals surface area contributed by atoms with E-state index in [0.29, 0.717) is 6.10 Å². The van der Waals surface area contributed by atoms with Crippen molar-refractivity contribution >= 4 is 8.32 Å². The molecule has 1 aliphatic rings. The fraction of sp³-hybridized carbons (Fsp3) is 1.00. The maximum Gasteiger partial charge on any atom is 0.190 e. The van der Waals surface area contributed by atoms with E-state index in [1.165, 1.54) is 37.8 Å². The molecule has 0 spiro atoms. The molecule has 1 heterocycles. The van der Waals surface area contributed by atoms with Crippen LogP contribution in [0.1, 0.15) is 39.5 Å². The molecule has 0 aliphatic carbocycles. The zero-order valence-corrected chi connectivity index (χ0v) is 9.73. The van der Waals surface area contributed by atoms with Gasteiger partial charge in [0.1, 0.15) is 0 Å². The monoisotopic (exact) mass is 186 g/mol. The summed E-state index contributed by atoms with van der Waals surface area (Å²) in [6, 6.07) is 2.78. The van der Waals surface area contributed by atoms with Crippen LogP contribution in [0.15, 0.2) is 0 Å². The van der Waals surface area contributed by atoms with Crippen molar-refractivity contribution in [3.8, 4) is 0 Å². The zero-order valence-electron chi connectivity index (χ0n) is 8.73. The number of hydrogen-bond donors (Lipinski definition) is 0. The molecule has 1 rings (SSSR count). The second kappa shape index (κ2) is 4.42. The van der Waals surface area contributed by atoms with Crippen LogP contribution in [0.4, 0.5) is 0 Å². The van der Waals surface area contributed by atoms with Crippen LogP contribution in [0.5, 0.6) is 0 Å². The minimum Gasteiger partial charge on any atom is -0.414 e. The highest BCUT2D eigenvalue weighted by Crippen LogP contribution is 2.30. The van der Waals surface area contributed by atoms with Crippen molar-refractivity contribution < 1.29 is 4.43 Å². The molecule has 0 saturated carbocycles. The van der Waals surface area contributed by atoms with E-state index in [1.54, 1.807) is 0 Å². The quantitative estimate of drug-likeness (QED) is 0.612. The van der Waals surface area contributed by atoms with Gasteiger partial charge in [0, 0.05) is 6.10 Å². The lowest BCUT2D eigenvalue weighted by Gasteiger charge is -2.35. The van der Waals surface area contributed by atoms with Crippen LogP contribution in [0.25, 0.3) is 0 Å². The standard InChI is InChI=1S/C10H22OSi/c1-4-5-8-12(3)9-6-7-10(2)11-12/h10H,4-9H2,1-3H3. The molecule has 0 radical (unpaired) electrons. The summed E-state index contributed by atoms with van der Waals surface area (Å²) in [4.78, 5) is 0.